The molecule has 0 radical (unpaired) electrons. The molecule has 1 saturated carbocycles. The molecule has 2 rings (SSSR count). The quantitative estimate of drug-likeness (QED) is 0.616. The van der Waals surface area contributed by atoms with Crippen molar-refractivity contribution in [2.75, 3.05) is 0 Å². The van der Waals surface area contributed by atoms with Gasteiger partial charge in [-0.1, -0.05) is 0 Å². The molecule has 14 heavy (non-hydrogen) atoms. The number of halogens is 4. The first-order valence-electron chi connectivity index (χ1n) is 4.69. The molecule has 0 aromatic heterocycles. The second-order valence-electron chi connectivity index (χ2n) is 3.93. The lowest BCUT2D eigenvalue weighted by Gasteiger charge is -2.27. The normalized spacial score (nSPS) is 43.7. The van der Waals surface area contributed by atoms with Crippen LogP contribution in [0.4, 0.5) is 13.2 Å². The summed E-state index contributed by atoms with van der Waals surface area (Å²) in [6.45, 7) is 0. The minimum absolute atomic E-state index is 0.0116. The summed E-state index contributed by atoms with van der Waals surface area (Å²) in [7, 11) is 0. The summed E-state index contributed by atoms with van der Waals surface area (Å²) < 4.78 is 37.0. The predicted molar refractivity (Wildman–Crippen MR) is 47.2 cm³/mol. The Kier molecular flexibility index (Phi) is 2.66. The summed E-state index contributed by atoms with van der Waals surface area (Å²) in [5, 5.41) is 5.11. The van der Waals surface area contributed by atoms with Crippen molar-refractivity contribution in [2.45, 2.75) is 49.1 Å². The fourth-order valence-corrected chi connectivity index (χ4v) is 2.49. The molecule has 0 aromatic rings. The summed E-state index contributed by atoms with van der Waals surface area (Å²) in [5.41, 5.74) is 0. The van der Waals surface area contributed by atoms with Crippen LogP contribution in [0.3, 0.4) is 0 Å². The van der Waals surface area contributed by atoms with E-state index in [-0.39, 0.29) is 17.5 Å². The summed E-state index contributed by atoms with van der Waals surface area (Å²) in [4.78, 5) is 0. The molecule has 2 N–H and O–H groups in total. The third-order valence-electron chi connectivity index (χ3n) is 2.88. The van der Waals surface area contributed by atoms with Crippen molar-refractivity contribution < 1.29 is 13.2 Å². The third-order valence-corrected chi connectivity index (χ3v) is 3.27. The van der Waals surface area contributed by atoms with E-state index in [1.165, 1.54) is 0 Å². The van der Waals surface area contributed by atoms with Gasteiger partial charge in [0.05, 0.1) is 0 Å². The molecule has 2 fully saturated rings. The smallest absolute Gasteiger partial charge is 0.290 e. The Morgan fingerprint density at radius 2 is 1.71 bits per heavy atom. The van der Waals surface area contributed by atoms with Crippen LogP contribution in [0, 0.1) is 0 Å². The molecule has 4 unspecified atom stereocenters. The van der Waals surface area contributed by atoms with E-state index >= 15 is 0 Å². The number of rotatable bonds is 0. The molecule has 0 aromatic carbocycles. The average Bonchev–Trinajstić information content (AvgIpc) is 2.45. The Morgan fingerprint density at radius 3 is 2.36 bits per heavy atom. The third kappa shape index (κ3) is 1.99. The molecule has 1 saturated heterocycles. The lowest BCUT2D eigenvalue weighted by Crippen LogP contribution is -2.46. The first kappa shape index (κ1) is 10.5. The standard InChI is InChI=1S/C8H12ClF3N2/c9-4-1-2-5-6(3-4)14-7(13-5)8(10,11)12/h4-7,13-14H,1-3H2. The van der Waals surface area contributed by atoms with E-state index in [1.54, 1.807) is 0 Å². The lowest BCUT2D eigenvalue weighted by atomic mass is 9.91. The Hall–Kier alpha value is -0.0000000000000000208. The zero-order chi connectivity index (χ0) is 10.3. The van der Waals surface area contributed by atoms with Crippen molar-refractivity contribution in [3.8, 4) is 0 Å². The Bertz CT molecular complexity index is 221. The monoisotopic (exact) mass is 228 g/mol. The van der Waals surface area contributed by atoms with Gasteiger partial charge >= 0.3 is 6.18 Å². The van der Waals surface area contributed by atoms with Gasteiger partial charge in [-0.05, 0) is 19.3 Å². The fourth-order valence-electron chi connectivity index (χ4n) is 2.17. The van der Waals surface area contributed by atoms with Crippen LogP contribution in [0.5, 0.6) is 0 Å². The minimum atomic E-state index is -4.21. The molecule has 0 amide bonds. The molecule has 2 aliphatic rings. The maximum atomic E-state index is 12.3. The largest absolute Gasteiger partial charge is 0.417 e. The molecule has 0 bridgehead atoms. The maximum Gasteiger partial charge on any atom is 0.417 e. The van der Waals surface area contributed by atoms with E-state index < -0.39 is 12.3 Å². The van der Waals surface area contributed by atoms with Gasteiger partial charge in [-0.2, -0.15) is 13.2 Å². The zero-order valence-electron chi connectivity index (χ0n) is 7.44. The van der Waals surface area contributed by atoms with E-state index in [2.05, 4.69) is 10.6 Å². The van der Waals surface area contributed by atoms with Gasteiger partial charge in [0, 0.05) is 17.5 Å². The van der Waals surface area contributed by atoms with E-state index in [0.29, 0.717) is 6.42 Å². The average molecular weight is 229 g/mol. The summed E-state index contributed by atoms with van der Waals surface area (Å²) in [6.07, 6.45) is -3.63. The molecular formula is C8H12ClF3N2. The van der Waals surface area contributed by atoms with Crippen LogP contribution in [0.15, 0.2) is 0 Å². The highest BCUT2D eigenvalue weighted by Gasteiger charge is 2.48. The molecule has 1 aliphatic carbocycles. The van der Waals surface area contributed by atoms with Crippen LogP contribution in [-0.2, 0) is 0 Å². The van der Waals surface area contributed by atoms with Gasteiger partial charge in [-0.15, -0.1) is 11.6 Å². The number of fused-ring (bicyclic) bond motifs is 1. The molecule has 2 nitrogen and oxygen atoms in total. The zero-order valence-corrected chi connectivity index (χ0v) is 8.20. The van der Waals surface area contributed by atoms with Crippen LogP contribution >= 0.6 is 11.6 Å². The van der Waals surface area contributed by atoms with Crippen LogP contribution in [0.2, 0.25) is 0 Å². The van der Waals surface area contributed by atoms with Crippen molar-refractivity contribution in [1.29, 1.82) is 0 Å². The van der Waals surface area contributed by atoms with Crippen molar-refractivity contribution in [1.82, 2.24) is 10.6 Å². The Balaban J connectivity index is 1.99. The van der Waals surface area contributed by atoms with Crippen molar-refractivity contribution in [2.24, 2.45) is 0 Å². The van der Waals surface area contributed by atoms with Gasteiger partial charge in [-0.25, -0.2) is 0 Å². The molecule has 0 spiro atoms. The summed E-state index contributed by atoms with van der Waals surface area (Å²) >= 11 is 5.90. The van der Waals surface area contributed by atoms with Crippen LogP contribution < -0.4 is 10.6 Å². The summed E-state index contributed by atoms with van der Waals surface area (Å²) in [5.74, 6) is 0. The topological polar surface area (TPSA) is 24.1 Å². The van der Waals surface area contributed by atoms with E-state index in [1.807, 2.05) is 0 Å². The van der Waals surface area contributed by atoms with Crippen molar-refractivity contribution >= 4 is 11.6 Å². The number of nitrogens with one attached hydrogen (secondary N) is 2. The second-order valence-corrected chi connectivity index (χ2v) is 4.55. The first-order valence-corrected chi connectivity index (χ1v) is 5.13. The van der Waals surface area contributed by atoms with Crippen LogP contribution in [0.25, 0.3) is 0 Å². The Morgan fingerprint density at radius 1 is 1.07 bits per heavy atom. The van der Waals surface area contributed by atoms with Gasteiger partial charge in [0.25, 0.3) is 0 Å². The minimum Gasteiger partial charge on any atom is -0.290 e. The highest BCUT2D eigenvalue weighted by Crippen LogP contribution is 2.31. The Labute approximate surface area is 85.2 Å². The van der Waals surface area contributed by atoms with E-state index in [9.17, 15) is 13.2 Å². The van der Waals surface area contributed by atoms with E-state index in [0.717, 1.165) is 12.8 Å². The summed E-state index contributed by atoms with van der Waals surface area (Å²) in [6, 6.07) is -0.200. The molecular weight excluding hydrogens is 217 g/mol. The van der Waals surface area contributed by atoms with Gasteiger partial charge in [0.1, 0.15) is 0 Å². The number of alkyl halides is 4. The molecule has 82 valence electrons. The SMILES string of the molecule is FC(F)(F)C1NC2CCC(Cl)CC2N1. The fraction of sp³-hybridized carbons (Fsp3) is 1.00. The number of hydrogen-bond donors (Lipinski definition) is 2. The predicted octanol–water partition coefficient (Wildman–Crippen LogP) is 1.60. The van der Waals surface area contributed by atoms with Crippen LogP contribution in [0.1, 0.15) is 19.3 Å². The lowest BCUT2D eigenvalue weighted by molar-refractivity contribution is -0.158. The highest BCUT2D eigenvalue weighted by atomic mass is 35.5. The van der Waals surface area contributed by atoms with Crippen LogP contribution in [-0.4, -0.2) is 29.8 Å². The number of hydrogen-bond acceptors (Lipinski definition) is 2. The molecule has 1 heterocycles. The first-order chi connectivity index (χ1) is 6.47. The highest BCUT2D eigenvalue weighted by molar-refractivity contribution is 6.20. The van der Waals surface area contributed by atoms with Gasteiger partial charge < -0.3 is 0 Å². The van der Waals surface area contributed by atoms with Crippen molar-refractivity contribution in [3.05, 3.63) is 0 Å². The molecule has 4 atom stereocenters. The van der Waals surface area contributed by atoms with Crippen molar-refractivity contribution in [3.63, 3.8) is 0 Å². The van der Waals surface area contributed by atoms with Gasteiger partial charge in [0.15, 0.2) is 6.17 Å². The maximum absolute atomic E-state index is 12.3. The van der Waals surface area contributed by atoms with Gasteiger partial charge in [-0.3, -0.25) is 10.6 Å². The molecule has 1 aliphatic heterocycles. The van der Waals surface area contributed by atoms with Gasteiger partial charge in [0.2, 0.25) is 0 Å². The molecule has 6 heteroatoms. The second kappa shape index (κ2) is 3.54. The van der Waals surface area contributed by atoms with E-state index in [4.69, 9.17) is 11.6 Å².